The Morgan fingerprint density at radius 3 is 1.38 bits per heavy atom. The molecule has 0 aliphatic carbocycles. The van der Waals surface area contributed by atoms with E-state index in [1.54, 1.807) is 0 Å². The minimum atomic E-state index is -0.157. The van der Waals surface area contributed by atoms with Crippen LogP contribution in [0.1, 0.15) is 27.7 Å². The highest BCUT2D eigenvalue weighted by atomic mass is 16.3. The molecule has 0 spiro atoms. The van der Waals surface area contributed by atoms with E-state index in [1.165, 1.54) is 0 Å². The molecule has 50 valence electrons. The molecular formula is C7H16O. The summed E-state index contributed by atoms with van der Waals surface area (Å²) in [7, 11) is 0. The normalized spacial score (nSPS) is 18.8. The first-order valence-electron chi connectivity index (χ1n) is 3.23. The van der Waals surface area contributed by atoms with Crippen LogP contribution in [0.3, 0.4) is 0 Å². The van der Waals surface area contributed by atoms with Gasteiger partial charge in [0.15, 0.2) is 0 Å². The lowest BCUT2D eigenvalue weighted by Crippen LogP contribution is -2.18. The molecule has 0 rings (SSSR count). The number of rotatable bonds is 2. The van der Waals surface area contributed by atoms with Crippen LogP contribution < -0.4 is 0 Å². The third-order valence-corrected chi connectivity index (χ3v) is 1.81. The molecule has 1 heteroatoms. The van der Waals surface area contributed by atoms with Crippen molar-refractivity contribution >= 4 is 0 Å². The molecule has 0 amide bonds. The molecule has 0 saturated heterocycles. The van der Waals surface area contributed by atoms with Crippen molar-refractivity contribution in [1.82, 2.24) is 0 Å². The van der Waals surface area contributed by atoms with E-state index >= 15 is 0 Å². The standard InChI is InChI=1S/C7H16O/c1-5(2)6(3)7(4)8/h5-8H,1-4H3/t6-,7+/m0/s1. The fraction of sp³-hybridized carbons (Fsp3) is 1.00. The van der Waals surface area contributed by atoms with Crippen molar-refractivity contribution in [2.45, 2.75) is 33.8 Å². The first-order valence-corrected chi connectivity index (χ1v) is 3.23. The van der Waals surface area contributed by atoms with E-state index in [0.717, 1.165) is 0 Å². The summed E-state index contributed by atoms with van der Waals surface area (Å²) >= 11 is 0. The molecular weight excluding hydrogens is 100 g/mol. The van der Waals surface area contributed by atoms with Crippen molar-refractivity contribution in [3.63, 3.8) is 0 Å². The van der Waals surface area contributed by atoms with Crippen LogP contribution in [0, 0.1) is 11.8 Å². The fourth-order valence-corrected chi connectivity index (χ4v) is 0.557. The maximum atomic E-state index is 8.99. The van der Waals surface area contributed by atoms with Crippen LogP contribution in [0.4, 0.5) is 0 Å². The van der Waals surface area contributed by atoms with Crippen molar-refractivity contribution in [1.29, 1.82) is 0 Å². The van der Waals surface area contributed by atoms with E-state index in [1.807, 2.05) is 6.92 Å². The summed E-state index contributed by atoms with van der Waals surface area (Å²) in [5, 5.41) is 8.99. The van der Waals surface area contributed by atoms with Crippen molar-refractivity contribution in [3.05, 3.63) is 0 Å². The Morgan fingerprint density at radius 2 is 1.38 bits per heavy atom. The highest BCUT2D eigenvalue weighted by Crippen LogP contribution is 2.12. The summed E-state index contributed by atoms with van der Waals surface area (Å²) < 4.78 is 0. The van der Waals surface area contributed by atoms with Gasteiger partial charge < -0.3 is 5.11 Å². The Kier molecular flexibility index (Phi) is 3.06. The summed E-state index contributed by atoms with van der Waals surface area (Å²) in [5.41, 5.74) is 0. The number of hydrogen-bond acceptors (Lipinski definition) is 1. The van der Waals surface area contributed by atoms with Gasteiger partial charge in [-0.05, 0) is 18.8 Å². The molecule has 8 heavy (non-hydrogen) atoms. The quantitative estimate of drug-likeness (QED) is 0.581. The fourth-order valence-electron chi connectivity index (χ4n) is 0.557. The zero-order valence-corrected chi connectivity index (χ0v) is 6.18. The van der Waals surface area contributed by atoms with Gasteiger partial charge in [0.2, 0.25) is 0 Å². The topological polar surface area (TPSA) is 20.2 Å². The van der Waals surface area contributed by atoms with Gasteiger partial charge in [0.1, 0.15) is 0 Å². The largest absolute Gasteiger partial charge is 0.393 e. The molecule has 0 fully saturated rings. The molecule has 1 nitrogen and oxygen atoms in total. The van der Waals surface area contributed by atoms with Crippen molar-refractivity contribution in [2.24, 2.45) is 11.8 Å². The van der Waals surface area contributed by atoms with E-state index in [-0.39, 0.29) is 6.10 Å². The predicted molar refractivity (Wildman–Crippen MR) is 35.7 cm³/mol. The maximum Gasteiger partial charge on any atom is 0.0540 e. The summed E-state index contributed by atoms with van der Waals surface area (Å²) in [6.07, 6.45) is -0.157. The van der Waals surface area contributed by atoms with Gasteiger partial charge in [-0.3, -0.25) is 0 Å². The third-order valence-electron chi connectivity index (χ3n) is 1.81. The van der Waals surface area contributed by atoms with Crippen LogP contribution in [0.25, 0.3) is 0 Å². The Balaban J connectivity index is 3.46. The highest BCUT2D eigenvalue weighted by Gasteiger charge is 2.11. The van der Waals surface area contributed by atoms with Gasteiger partial charge in [0, 0.05) is 0 Å². The minimum Gasteiger partial charge on any atom is -0.393 e. The van der Waals surface area contributed by atoms with Gasteiger partial charge in [-0.2, -0.15) is 0 Å². The second kappa shape index (κ2) is 3.08. The number of aliphatic hydroxyl groups is 1. The molecule has 0 aromatic carbocycles. The van der Waals surface area contributed by atoms with Crippen LogP contribution in [0.5, 0.6) is 0 Å². The first-order chi connectivity index (χ1) is 3.55. The SMILES string of the molecule is CC(C)[C@H](C)[C@@H](C)O. The number of hydrogen-bond donors (Lipinski definition) is 1. The molecule has 0 aliphatic heterocycles. The molecule has 0 radical (unpaired) electrons. The van der Waals surface area contributed by atoms with E-state index in [2.05, 4.69) is 20.8 Å². The zero-order chi connectivity index (χ0) is 6.73. The lowest BCUT2D eigenvalue weighted by Gasteiger charge is -2.17. The van der Waals surface area contributed by atoms with Crippen molar-refractivity contribution < 1.29 is 5.11 Å². The van der Waals surface area contributed by atoms with Crippen LogP contribution in [-0.4, -0.2) is 11.2 Å². The maximum absolute atomic E-state index is 8.99. The van der Waals surface area contributed by atoms with Crippen molar-refractivity contribution in [2.75, 3.05) is 0 Å². The van der Waals surface area contributed by atoms with Gasteiger partial charge in [-0.1, -0.05) is 20.8 Å². The first kappa shape index (κ1) is 7.96. The lowest BCUT2D eigenvalue weighted by molar-refractivity contribution is 0.109. The summed E-state index contributed by atoms with van der Waals surface area (Å²) in [6.45, 7) is 8.15. The summed E-state index contributed by atoms with van der Waals surface area (Å²) in [6, 6.07) is 0. The van der Waals surface area contributed by atoms with Crippen LogP contribution in [-0.2, 0) is 0 Å². The molecule has 0 aliphatic rings. The number of aliphatic hydroxyl groups excluding tert-OH is 1. The third kappa shape index (κ3) is 2.31. The van der Waals surface area contributed by atoms with Crippen LogP contribution in [0.2, 0.25) is 0 Å². The Morgan fingerprint density at radius 1 is 1.00 bits per heavy atom. The molecule has 0 heterocycles. The molecule has 2 atom stereocenters. The van der Waals surface area contributed by atoms with E-state index in [4.69, 9.17) is 5.11 Å². The highest BCUT2D eigenvalue weighted by molar-refractivity contribution is 4.61. The Hall–Kier alpha value is -0.0400. The average molecular weight is 116 g/mol. The molecule has 0 bridgehead atoms. The van der Waals surface area contributed by atoms with Crippen LogP contribution >= 0.6 is 0 Å². The lowest BCUT2D eigenvalue weighted by atomic mass is 9.93. The zero-order valence-electron chi connectivity index (χ0n) is 6.18. The Labute approximate surface area is 51.7 Å². The predicted octanol–water partition coefficient (Wildman–Crippen LogP) is 1.66. The molecule has 0 unspecified atom stereocenters. The monoisotopic (exact) mass is 116 g/mol. The van der Waals surface area contributed by atoms with E-state index in [9.17, 15) is 0 Å². The second-order valence-electron chi connectivity index (χ2n) is 2.84. The summed E-state index contributed by atoms with van der Waals surface area (Å²) in [4.78, 5) is 0. The molecule has 1 N–H and O–H groups in total. The van der Waals surface area contributed by atoms with Gasteiger partial charge in [-0.15, -0.1) is 0 Å². The average Bonchev–Trinajstić information content (AvgIpc) is 1.64. The van der Waals surface area contributed by atoms with E-state index < -0.39 is 0 Å². The van der Waals surface area contributed by atoms with Gasteiger partial charge in [0.25, 0.3) is 0 Å². The molecule has 0 saturated carbocycles. The van der Waals surface area contributed by atoms with Gasteiger partial charge >= 0.3 is 0 Å². The minimum absolute atomic E-state index is 0.157. The van der Waals surface area contributed by atoms with Gasteiger partial charge in [-0.25, -0.2) is 0 Å². The van der Waals surface area contributed by atoms with Crippen molar-refractivity contribution in [3.8, 4) is 0 Å². The Bertz CT molecular complexity index is 49.4. The summed E-state index contributed by atoms with van der Waals surface area (Å²) in [5.74, 6) is 1.02. The smallest absolute Gasteiger partial charge is 0.0540 e. The molecule has 0 aromatic rings. The van der Waals surface area contributed by atoms with Crippen LogP contribution in [0.15, 0.2) is 0 Å². The van der Waals surface area contributed by atoms with Gasteiger partial charge in [0.05, 0.1) is 6.10 Å². The second-order valence-corrected chi connectivity index (χ2v) is 2.84. The molecule has 0 aromatic heterocycles. The van der Waals surface area contributed by atoms with E-state index in [0.29, 0.717) is 11.8 Å².